The lowest BCUT2D eigenvalue weighted by atomic mass is 10.1. The Hall–Kier alpha value is -1.46. The van der Waals surface area contributed by atoms with Crippen LogP contribution in [-0.2, 0) is 14.8 Å². The summed E-state index contributed by atoms with van der Waals surface area (Å²) >= 11 is 0. The van der Waals surface area contributed by atoms with Gasteiger partial charge in [0.05, 0.1) is 22.6 Å². The maximum absolute atomic E-state index is 12.8. The highest BCUT2D eigenvalue weighted by molar-refractivity contribution is 7.89. The second kappa shape index (κ2) is 7.88. The van der Waals surface area contributed by atoms with E-state index >= 15 is 0 Å². The van der Waals surface area contributed by atoms with Gasteiger partial charge in [-0.1, -0.05) is 0 Å². The zero-order valence-corrected chi connectivity index (χ0v) is 14.2. The molecule has 0 amide bonds. The first-order valence-electron chi connectivity index (χ1n) is 7.81. The molecule has 7 heteroatoms. The Balaban J connectivity index is 2.03. The summed E-state index contributed by atoms with van der Waals surface area (Å²) < 4.78 is 32.7. The molecule has 2 N–H and O–H groups in total. The number of nitrogens with two attached hydrogens (primary N) is 1. The minimum absolute atomic E-state index is 0.107. The van der Waals surface area contributed by atoms with Gasteiger partial charge in [-0.25, -0.2) is 8.42 Å². The van der Waals surface area contributed by atoms with Crippen molar-refractivity contribution < 1.29 is 13.2 Å². The fourth-order valence-corrected chi connectivity index (χ4v) is 4.40. The van der Waals surface area contributed by atoms with Crippen molar-refractivity contribution in [3.63, 3.8) is 0 Å². The van der Waals surface area contributed by atoms with Crippen LogP contribution in [0.3, 0.4) is 0 Å². The molecule has 0 aromatic heterocycles. The number of hydrogen-bond donors (Lipinski definition) is 1. The van der Waals surface area contributed by atoms with Crippen LogP contribution in [0.1, 0.15) is 30.4 Å². The van der Waals surface area contributed by atoms with Gasteiger partial charge in [-0.15, -0.1) is 0 Å². The van der Waals surface area contributed by atoms with Crippen LogP contribution in [-0.4, -0.2) is 45.1 Å². The molecule has 0 saturated carbocycles. The topological polar surface area (TPSA) is 96.4 Å². The van der Waals surface area contributed by atoms with Crippen molar-refractivity contribution in [2.75, 3.05) is 26.2 Å². The second-order valence-corrected chi connectivity index (χ2v) is 7.61. The zero-order valence-electron chi connectivity index (χ0n) is 13.4. The molecule has 1 fully saturated rings. The number of hydrogen-bond acceptors (Lipinski definition) is 5. The number of sulfonamides is 1. The van der Waals surface area contributed by atoms with E-state index in [9.17, 15) is 8.42 Å². The molecule has 126 valence electrons. The predicted octanol–water partition coefficient (Wildman–Crippen LogP) is 1.39. The third-order valence-electron chi connectivity index (χ3n) is 4.02. The quantitative estimate of drug-likeness (QED) is 0.791. The first-order valence-corrected chi connectivity index (χ1v) is 9.25. The van der Waals surface area contributed by atoms with Crippen molar-refractivity contribution in [3.8, 4) is 6.07 Å². The number of rotatable bonds is 6. The minimum atomic E-state index is -3.52. The van der Waals surface area contributed by atoms with Gasteiger partial charge in [-0.3, -0.25) is 0 Å². The van der Waals surface area contributed by atoms with Gasteiger partial charge in [0, 0.05) is 19.7 Å². The maximum Gasteiger partial charge on any atom is 0.243 e. The van der Waals surface area contributed by atoms with E-state index in [4.69, 9.17) is 15.7 Å². The van der Waals surface area contributed by atoms with Crippen molar-refractivity contribution in [2.45, 2.75) is 37.2 Å². The molecule has 0 aliphatic carbocycles. The molecule has 1 aromatic carbocycles. The lowest BCUT2D eigenvalue weighted by Crippen LogP contribution is -2.41. The molecule has 1 saturated heterocycles. The highest BCUT2D eigenvalue weighted by Gasteiger charge is 2.30. The van der Waals surface area contributed by atoms with Crippen LogP contribution in [0, 0.1) is 18.3 Å². The van der Waals surface area contributed by atoms with E-state index in [1.165, 1.54) is 10.4 Å². The number of benzene rings is 1. The van der Waals surface area contributed by atoms with Crippen LogP contribution in [0.4, 0.5) is 0 Å². The van der Waals surface area contributed by atoms with Crippen LogP contribution < -0.4 is 5.73 Å². The Labute approximate surface area is 137 Å². The molecule has 1 aliphatic rings. The number of piperidine rings is 1. The summed E-state index contributed by atoms with van der Waals surface area (Å²) in [6, 6.07) is 6.69. The zero-order chi connectivity index (χ0) is 16.9. The summed E-state index contributed by atoms with van der Waals surface area (Å²) in [4.78, 5) is 0.277. The Morgan fingerprint density at radius 1 is 1.39 bits per heavy atom. The van der Waals surface area contributed by atoms with Gasteiger partial charge in [0.1, 0.15) is 0 Å². The Bertz CT molecular complexity index is 674. The molecule has 0 unspecified atom stereocenters. The van der Waals surface area contributed by atoms with Gasteiger partial charge in [0.15, 0.2) is 0 Å². The molecule has 0 spiro atoms. The van der Waals surface area contributed by atoms with E-state index < -0.39 is 10.0 Å². The Kier molecular flexibility index (Phi) is 6.13. The summed E-state index contributed by atoms with van der Waals surface area (Å²) in [5.41, 5.74) is 6.50. The van der Waals surface area contributed by atoms with Crippen LogP contribution in [0.15, 0.2) is 23.1 Å². The van der Waals surface area contributed by atoms with Crippen molar-refractivity contribution in [3.05, 3.63) is 29.3 Å². The average molecular weight is 337 g/mol. The Morgan fingerprint density at radius 2 is 2.09 bits per heavy atom. The van der Waals surface area contributed by atoms with Crippen molar-refractivity contribution in [2.24, 2.45) is 5.73 Å². The molecule has 1 aliphatic heterocycles. The number of aryl methyl sites for hydroxylation is 1. The SMILES string of the molecule is Cc1cc(C#N)ccc1S(=O)(=O)N1CCC(OCCCN)CC1. The van der Waals surface area contributed by atoms with E-state index in [1.807, 2.05) is 6.07 Å². The van der Waals surface area contributed by atoms with Gasteiger partial charge in [-0.2, -0.15) is 9.57 Å². The minimum Gasteiger partial charge on any atom is -0.378 e. The van der Waals surface area contributed by atoms with Crippen LogP contribution in [0.25, 0.3) is 0 Å². The van der Waals surface area contributed by atoms with Gasteiger partial charge in [-0.05, 0) is 56.5 Å². The second-order valence-electron chi connectivity index (χ2n) is 5.71. The maximum atomic E-state index is 12.8. The summed E-state index contributed by atoms with van der Waals surface area (Å²) in [6.07, 6.45) is 2.32. The summed E-state index contributed by atoms with van der Waals surface area (Å²) in [5.74, 6) is 0. The molecular formula is C16H23N3O3S. The van der Waals surface area contributed by atoms with E-state index in [0.717, 1.165) is 6.42 Å². The van der Waals surface area contributed by atoms with Crippen molar-refractivity contribution >= 4 is 10.0 Å². The van der Waals surface area contributed by atoms with Gasteiger partial charge in [0.2, 0.25) is 10.0 Å². The van der Waals surface area contributed by atoms with Crippen molar-refractivity contribution in [1.82, 2.24) is 4.31 Å². The molecular weight excluding hydrogens is 314 g/mol. The van der Waals surface area contributed by atoms with E-state index in [-0.39, 0.29) is 11.0 Å². The van der Waals surface area contributed by atoms with Crippen LogP contribution in [0.5, 0.6) is 0 Å². The fourth-order valence-electron chi connectivity index (χ4n) is 2.72. The molecule has 23 heavy (non-hydrogen) atoms. The normalized spacial score (nSPS) is 17.1. The predicted molar refractivity (Wildman–Crippen MR) is 87.3 cm³/mol. The van der Waals surface area contributed by atoms with E-state index in [1.54, 1.807) is 19.1 Å². The average Bonchev–Trinajstić information content (AvgIpc) is 2.55. The van der Waals surface area contributed by atoms with Gasteiger partial charge < -0.3 is 10.5 Å². The molecule has 1 heterocycles. The Morgan fingerprint density at radius 3 is 2.65 bits per heavy atom. The third kappa shape index (κ3) is 4.30. The van der Waals surface area contributed by atoms with Crippen LogP contribution in [0.2, 0.25) is 0 Å². The standard InChI is InChI=1S/C16H23N3O3S/c1-13-11-14(12-18)3-4-16(13)23(20,21)19-8-5-15(6-9-19)22-10-2-7-17/h3-4,11,15H,2,5-10,17H2,1H3. The number of nitriles is 1. The van der Waals surface area contributed by atoms with Crippen molar-refractivity contribution in [1.29, 1.82) is 5.26 Å². The molecule has 6 nitrogen and oxygen atoms in total. The molecule has 0 atom stereocenters. The highest BCUT2D eigenvalue weighted by atomic mass is 32.2. The van der Waals surface area contributed by atoms with E-state index in [2.05, 4.69) is 0 Å². The molecule has 1 aromatic rings. The van der Waals surface area contributed by atoms with E-state index in [0.29, 0.717) is 50.2 Å². The summed E-state index contributed by atoms with van der Waals surface area (Å²) in [5, 5.41) is 8.89. The smallest absolute Gasteiger partial charge is 0.243 e. The largest absolute Gasteiger partial charge is 0.378 e. The van der Waals surface area contributed by atoms with Gasteiger partial charge in [0.25, 0.3) is 0 Å². The summed E-state index contributed by atoms with van der Waals surface area (Å²) in [7, 11) is -3.52. The lowest BCUT2D eigenvalue weighted by molar-refractivity contribution is 0.0209. The monoisotopic (exact) mass is 337 g/mol. The molecule has 2 rings (SSSR count). The molecule has 0 radical (unpaired) electrons. The van der Waals surface area contributed by atoms with Gasteiger partial charge >= 0.3 is 0 Å². The number of ether oxygens (including phenoxy) is 1. The first-order chi connectivity index (χ1) is 11.0. The summed E-state index contributed by atoms with van der Waals surface area (Å²) in [6.45, 7) is 3.86. The lowest BCUT2D eigenvalue weighted by Gasteiger charge is -2.31. The third-order valence-corrected chi connectivity index (χ3v) is 6.08. The highest BCUT2D eigenvalue weighted by Crippen LogP contribution is 2.25. The first kappa shape index (κ1) is 17.9. The molecule has 0 bridgehead atoms. The van der Waals surface area contributed by atoms with Crippen LogP contribution >= 0.6 is 0 Å². The fraction of sp³-hybridized carbons (Fsp3) is 0.562. The number of nitrogens with zero attached hydrogens (tertiary/aromatic N) is 2.